The summed E-state index contributed by atoms with van der Waals surface area (Å²) in [6, 6.07) is 8.99. The van der Waals surface area contributed by atoms with E-state index in [4.69, 9.17) is 4.74 Å². The van der Waals surface area contributed by atoms with Gasteiger partial charge in [0.25, 0.3) is 0 Å². The van der Waals surface area contributed by atoms with Crippen molar-refractivity contribution in [3.63, 3.8) is 0 Å². The number of benzene rings is 1. The highest BCUT2D eigenvalue weighted by Crippen LogP contribution is 2.20. The Kier molecular flexibility index (Phi) is 6.34. The van der Waals surface area contributed by atoms with Gasteiger partial charge in [-0.15, -0.1) is 0 Å². The molecule has 0 bridgehead atoms. The second-order valence-corrected chi connectivity index (χ2v) is 5.61. The third kappa shape index (κ3) is 4.80. The zero-order valence-electron chi connectivity index (χ0n) is 12.9. The largest absolute Gasteiger partial charge is 0.377 e. The van der Waals surface area contributed by atoms with Gasteiger partial charge in [-0.25, -0.2) is 0 Å². The number of rotatable bonds is 7. The molecule has 1 aliphatic rings. The summed E-state index contributed by atoms with van der Waals surface area (Å²) in [6.45, 7) is 9.17. The summed E-state index contributed by atoms with van der Waals surface area (Å²) >= 11 is 0. The number of nitrogens with zero attached hydrogens (tertiary/aromatic N) is 1. The van der Waals surface area contributed by atoms with Crippen LogP contribution >= 0.6 is 0 Å². The predicted molar refractivity (Wildman–Crippen MR) is 85.3 cm³/mol. The molecule has 0 amide bonds. The van der Waals surface area contributed by atoms with Crippen LogP contribution < -0.4 is 10.2 Å². The highest BCUT2D eigenvalue weighted by Gasteiger charge is 2.10. The maximum absolute atomic E-state index is 5.51. The third-order valence-corrected chi connectivity index (χ3v) is 3.87. The third-order valence-electron chi connectivity index (χ3n) is 3.87. The molecule has 3 nitrogen and oxygen atoms in total. The molecular formula is C17H28N2O. The average molecular weight is 276 g/mol. The van der Waals surface area contributed by atoms with Crippen molar-refractivity contribution in [3.8, 4) is 0 Å². The second-order valence-electron chi connectivity index (χ2n) is 5.61. The first-order valence-electron chi connectivity index (χ1n) is 7.96. The van der Waals surface area contributed by atoms with Crippen molar-refractivity contribution in [1.29, 1.82) is 0 Å². The van der Waals surface area contributed by atoms with Crippen LogP contribution in [0.4, 0.5) is 5.69 Å². The molecule has 1 aliphatic heterocycles. The van der Waals surface area contributed by atoms with Crippen LogP contribution in [0.3, 0.4) is 0 Å². The molecular weight excluding hydrogens is 248 g/mol. The number of piperidine rings is 1. The van der Waals surface area contributed by atoms with E-state index in [1.54, 1.807) is 0 Å². The minimum absolute atomic E-state index is 0.285. The van der Waals surface area contributed by atoms with E-state index in [-0.39, 0.29) is 6.10 Å². The SMILES string of the molecule is CCOC(C)CNCc1ccc(N2CCCCC2)cc1. The number of nitrogens with one attached hydrogen (secondary N) is 1. The second kappa shape index (κ2) is 8.28. The van der Waals surface area contributed by atoms with Crippen LogP contribution in [0.15, 0.2) is 24.3 Å². The first-order chi connectivity index (χ1) is 9.79. The van der Waals surface area contributed by atoms with Crippen molar-refractivity contribution < 1.29 is 4.74 Å². The van der Waals surface area contributed by atoms with Crippen LogP contribution in [-0.4, -0.2) is 32.3 Å². The standard InChI is InChI=1S/C17H28N2O/c1-3-20-15(2)13-18-14-16-7-9-17(10-8-16)19-11-5-4-6-12-19/h7-10,15,18H,3-6,11-14H2,1-2H3. The lowest BCUT2D eigenvalue weighted by Gasteiger charge is -2.28. The Labute approximate surface area is 123 Å². The molecule has 1 N–H and O–H groups in total. The van der Waals surface area contributed by atoms with Crippen LogP contribution in [0.1, 0.15) is 38.7 Å². The Hall–Kier alpha value is -1.06. The molecule has 1 saturated heterocycles. The zero-order chi connectivity index (χ0) is 14.2. The summed E-state index contributed by atoms with van der Waals surface area (Å²) < 4.78 is 5.51. The van der Waals surface area contributed by atoms with Gasteiger partial charge in [0, 0.05) is 38.5 Å². The van der Waals surface area contributed by atoms with Crippen molar-refractivity contribution in [2.45, 2.75) is 45.8 Å². The van der Waals surface area contributed by atoms with E-state index in [1.165, 1.54) is 43.6 Å². The van der Waals surface area contributed by atoms with Crippen molar-refractivity contribution in [1.82, 2.24) is 5.32 Å². The maximum Gasteiger partial charge on any atom is 0.0671 e. The Morgan fingerprint density at radius 1 is 1.15 bits per heavy atom. The predicted octanol–water partition coefficient (Wildman–Crippen LogP) is 3.19. The van der Waals surface area contributed by atoms with Gasteiger partial charge in [0.05, 0.1) is 6.10 Å². The smallest absolute Gasteiger partial charge is 0.0671 e. The first-order valence-corrected chi connectivity index (χ1v) is 7.96. The van der Waals surface area contributed by atoms with Gasteiger partial charge in [-0.1, -0.05) is 12.1 Å². The van der Waals surface area contributed by atoms with Gasteiger partial charge in [-0.2, -0.15) is 0 Å². The van der Waals surface area contributed by atoms with E-state index in [2.05, 4.69) is 41.4 Å². The Morgan fingerprint density at radius 3 is 2.50 bits per heavy atom. The van der Waals surface area contributed by atoms with Crippen molar-refractivity contribution in [3.05, 3.63) is 29.8 Å². The van der Waals surface area contributed by atoms with Crippen LogP contribution in [0.5, 0.6) is 0 Å². The molecule has 0 saturated carbocycles. The summed E-state index contributed by atoms with van der Waals surface area (Å²) in [7, 11) is 0. The molecule has 1 aromatic rings. The monoisotopic (exact) mass is 276 g/mol. The zero-order valence-corrected chi connectivity index (χ0v) is 12.9. The summed E-state index contributed by atoms with van der Waals surface area (Å²) in [6.07, 6.45) is 4.33. The lowest BCUT2D eigenvalue weighted by atomic mass is 10.1. The molecule has 112 valence electrons. The quantitative estimate of drug-likeness (QED) is 0.828. The van der Waals surface area contributed by atoms with Gasteiger partial charge in [0.2, 0.25) is 0 Å². The normalized spacial score (nSPS) is 17.2. The molecule has 1 heterocycles. The number of hydrogen-bond donors (Lipinski definition) is 1. The average Bonchev–Trinajstić information content (AvgIpc) is 2.49. The van der Waals surface area contributed by atoms with E-state index in [0.29, 0.717) is 0 Å². The molecule has 1 fully saturated rings. The minimum atomic E-state index is 0.285. The van der Waals surface area contributed by atoms with E-state index >= 15 is 0 Å². The summed E-state index contributed by atoms with van der Waals surface area (Å²) in [4.78, 5) is 2.50. The van der Waals surface area contributed by atoms with Crippen molar-refractivity contribution in [2.24, 2.45) is 0 Å². The lowest BCUT2D eigenvalue weighted by Crippen LogP contribution is -2.29. The Bertz CT molecular complexity index is 371. The molecule has 0 radical (unpaired) electrons. The van der Waals surface area contributed by atoms with Crippen molar-refractivity contribution >= 4 is 5.69 Å². The van der Waals surface area contributed by atoms with Gasteiger partial charge in [-0.3, -0.25) is 0 Å². The summed E-state index contributed by atoms with van der Waals surface area (Å²) in [5.74, 6) is 0. The number of anilines is 1. The molecule has 1 atom stereocenters. The fourth-order valence-electron chi connectivity index (χ4n) is 2.74. The van der Waals surface area contributed by atoms with Gasteiger partial charge in [-0.05, 0) is 50.8 Å². The molecule has 1 aromatic carbocycles. The number of hydrogen-bond acceptors (Lipinski definition) is 3. The molecule has 1 unspecified atom stereocenters. The Balaban J connectivity index is 1.76. The Morgan fingerprint density at radius 2 is 1.85 bits per heavy atom. The van der Waals surface area contributed by atoms with Crippen LogP contribution in [0.2, 0.25) is 0 Å². The molecule has 0 spiro atoms. The van der Waals surface area contributed by atoms with E-state index in [1.807, 2.05) is 6.92 Å². The minimum Gasteiger partial charge on any atom is -0.377 e. The lowest BCUT2D eigenvalue weighted by molar-refractivity contribution is 0.0759. The van der Waals surface area contributed by atoms with E-state index in [0.717, 1.165) is 19.7 Å². The maximum atomic E-state index is 5.51. The van der Waals surface area contributed by atoms with Crippen LogP contribution in [0.25, 0.3) is 0 Å². The van der Waals surface area contributed by atoms with E-state index < -0.39 is 0 Å². The molecule has 2 rings (SSSR count). The first kappa shape index (κ1) is 15.3. The summed E-state index contributed by atoms with van der Waals surface area (Å²) in [5, 5.41) is 3.45. The van der Waals surface area contributed by atoms with Crippen LogP contribution in [0, 0.1) is 0 Å². The highest BCUT2D eigenvalue weighted by molar-refractivity contribution is 5.47. The van der Waals surface area contributed by atoms with Gasteiger partial charge < -0.3 is 15.0 Å². The molecule has 3 heteroatoms. The molecule has 0 aromatic heterocycles. The van der Waals surface area contributed by atoms with Gasteiger partial charge >= 0.3 is 0 Å². The molecule has 0 aliphatic carbocycles. The fourth-order valence-corrected chi connectivity index (χ4v) is 2.74. The number of ether oxygens (including phenoxy) is 1. The van der Waals surface area contributed by atoms with Gasteiger partial charge in [0.1, 0.15) is 0 Å². The van der Waals surface area contributed by atoms with E-state index in [9.17, 15) is 0 Å². The van der Waals surface area contributed by atoms with Crippen LogP contribution in [-0.2, 0) is 11.3 Å². The molecule has 20 heavy (non-hydrogen) atoms. The fraction of sp³-hybridized carbons (Fsp3) is 0.647. The summed E-state index contributed by atoms with van der Waals surface area (Å²) in [5.41, 5.74) is 2.71. The highest BCUT2D eigenvalue weighted by atomic mass is 16.5. The van der Waals surface area contributed by atoms with Crippen molar-refractivity contribution in [2.75, 3.05) is 31.1 Å². The topological polar surface area (TPSA) is 24.5 Å². The van der Waals surface area contributed by atoms with Gasteiger partial charge in [0.15, 0.2) is 0 Å².